The van der Waals surface area contributed by atoms with Gasteiger partial charge in [-0.3, -0.25) is 14.6 Å². The van der Waals surface area contributed by atoms with Crippen LogP contribution in [0.25, 0.3) is 5.57 Å². The summed E-state index contributed by atoms with van der Waals surface area (Å²) in [6.45, 7) is 6.91. The number of carbonyl (C=O) groups is 2. The highest BCUT2D eigenvalue weighted by molar-refractivity contribution is 6.06. The number of amides is 2. The zero-order chi connectivity index (χ0) is 19.8. The van der Waals surface area contributed by atoms with Gasteiger partial charge < -0.3 is 16.4 Å². The average Bonchev–Trinajstić information content (AvgIpc) is 2.64. The number of nitrogen functional groups attached to an aromatic ring is 1. The maximum absolute atomic E-state index is 12.5. The highest BCUT2D eigenvalue weighted by atomic mass is 16.2. The summed E-state index contributed by atoms with van der Waals surface area (Å²) < 4.78 is 0. The molecule has 1 aromatic heterocycles. The molecule has 138 valence electrons. The van der Waals surface area contributed by atoms with Crippen molar-refractivity contribution in [2.75, 3.05) is 16.4 Å². The van der Waals surface area contributed by atoms with Crippen LogP contribution in [0.15, 0.2) is 54.3 Å². The lowest BCUT2D eigenvalue weighted by atomic mass is 10.2. The standard InChI is InChI=1S/C19H20N6O2/c1-4-13(10-21-5-2)16-11-22-18(20)17(25-16)19(27)24-15-8-6-14(7-9-15)23-12(3)26/h4-11H,1H2,2-3H3,(H2,20,22)(H,23,26)(H,24,27)/b13-10+,21-5-. The number of carbonyl (C=O) groups excluding carboxylic acids is 2. The predicted octanol–water partition coefficient (Wildman–Crippen LogP) is 2.89. The van der Waals surface area contributed by atoms with Gasteiger partial charge >= 0.3 is 0 Å². The lowest BCUT2D eigenvalue weighted by molar-refractivity contribution is -0.114. The van der Waals surface area contributed by atoms with Crippen LogP contribution in [0, 0.1) is 0 Å². The molecule has 0 fully saturated rings. The Bertz CT molecular complexity index is 916. The second kappa shape index (κ2) is 9.04. The molecule has 0 spiro atoms. The van der Waals surface area contributed by atoms with E-state index in [4.69, 9.17) is 5.73 Å². The number of nitrogens with zero attached hydrogens (tertiary/aromatic N) is 3. The number of nitrogens with one attached hydrogen (secondary N) is 2. The molecule has 0 aliphatic carbocycles. The Morgan fingerprint density at radius 3 is 2.37 bits per heavy atom. The topological polar surface area (TPSA) is 122 Å². The maximum atomic E-state index is 12.5. The number of benzene rings is 1. The van der Waals surface area contributed by atoms with Crippen molar-refractivity contribution in [3.8, 4) is 0 Å². The number of rotatable bonds is 6. The van der Waals surface area contributed by atoms with Crippen molar-refractivity contribution in [1.82, 2.24) is 9.97 Å². The number of hydrogen-bond donors (Lipinski definition) is 3. The molecule has 2 rings (SSSR count). The van der Waals surface area contributed by atoms with Crippen molar-refractivity contribution in [3.05, 3.63) is 60.7 Å². The van der Waals surface area contributed by atoms with E-state index < -0.39 is 5.91 Å². The van der Waals surface area contributed by atoms with E-state index in [9.17, 15) is 9.59 Å². The van der Waals surface area contributed by atoms with Crippen molar-refractivity contribution in [3.63, 3.8) is 0 Å². The van der Waals surface area contributed by atoms with E-state index in [-0.39, 0.29) is 17.4 Å². The number of allylic oxidation sites excluding steroid dienone is 2. The second-order valence-corrected chi connectivity index (χ2v) is 5.40. The molecule has 8 heteroatoms. The fraction of sp³-hybridized carbons (Fsp3) is 0.105. The van der Waals surface area contributed by atoms with E-state index in [1.54, 1.807) is 49.7 Å². The zero-order valence-corrected chi connectivity index (χ0v) is 15.1. The third-order valence-electron chi connectivity index (χ3n) is 3.36. The van der Waals surface area contributed by atoms with Gasteiger partial charge in [-0.05, 0) is 31.2 Å². The minimum absolute atomic E-state index is 0.00772. The average molecular weight is 364 g/mol. The third kappa shape index (κ3) is 5.33. The molecule has 8 nitrogen and oxygen atoms in total. The van der Waals surface area contributed by atoms with Crippen LogP contribution in [0.1, 0.15) is 30.0 Å². The fourth-order valence-corrected chi connectivity index (χ4v) is 2.11. The van der Waals surface area contributed by atoms with Crippen molar-refractivity contribution >= 4 is 40.8 Å². The van der Waals surface area contributed by atoms with E-state index in [2.05, 4.69) is 32.2 Å². The van der Waals surface area contributed by atoms with Gasteiger partial charge in [-0.25, -0.2) is 9.97 Å². The van der Waals surface area contributed by atoms with Gasteiger partial charge in [0.15, 0.2) is 11.5 Å². The lowest BCUT2D eigenvalue weighted by Gasteiger charge is -2.09. The summed E-state index contributed by atoms with van der Waals surface area (Å²) in [5.41, 5.74) is 7.98. The summed E-state index contributed by atoms with van der Waals surface area (Å²) in [6.07, 6.45) is 6.20. The van der Waals surface area contributed by atoms with Gasteiger partial charge in [-0.15, -0.1) is 0 Å². The number of anilines is 3. The molecule has 2 aromatic rings. The van der Waals surface area contributed by atoms with Crippen LogP contribution in [-0.2, 0) is 4.79 Å². The molecule has 1 heterocycles. The van der Waals surface area contributed by atoms with Gasteiger partial charge in [0, 0.05) is 36.3 Å². The first-order valence-electron chi connectivity index (χ1n) is 8.07. The Morgan fingerprint density at radius 2 is 1.81 bits per heavy atom. The van der Waals surface area contributed by atoms with Crippen LogP contribution in [0.3, 0.4) is 0 Å². The van der Waals surface area contributed by atoms with E-state index >= 15 is 0 Å². The molecule has 4 N–H and O–H groups in total. The monoisotopic (exact) mass is 364 g/mol. The van der Waals surface area contributed by atoms with E-state index in [1.807, 2.05) is 0 Å². The third-order valence-corrected chi connectivity index (χ3v) is 3.36. The number of hydrogen-bond acceptors (Lipinski definition) is 6. The quantitative estimate of drug-likeness (QED) is 0.537. The highest BCUT2D eigenvalue weighted by Crippen LogP contribution is 2.18. The molecule has 0 saturated heterocycles. The summed E-state index contributed by atoms with van der Waals surface area (Å²) in [7, 11) is 0. The SMILES string of the molecule is C=C/C(=C\N=C/C)c1cnc(N)c(C(=O)Nc2ccc(NC(C)=O)cc2)n1. The van der Waals surface area contributed by atoms with Crippen LogP contribution in [0.5, 0.6) is 0 Å². The Kier molecular flexibility index (Phi) is 6.54. The van der Waals surface area contributed by atoms with Crippen LogP contribution >= 0.6 is 0 Å². The number of nitrogens with two attached hydrogens (primary N) is 1. The van der Waals surface area contributed by atoms with Gasteiger partial charge in [0.2, 0.25) is 5.91 Å². The molecule has 0 atom stereocenters. The summed E-state index contributed by atoms with van der Waals surface area (Å²) in [5.74, 6) is -0.671. The van der Waals surface area contributed by atoms with Gasteiger partial charge in [-0.2, -0.15) is 0 Å². The zero-order valence-electron chi connectivity index (χ0n) is 15.1. The van der Waals surface area contributed by atoms with E-state index in [1.165, 1.54) is 13.1 Å². The minimum atomic E-state index is -0.503. The first kappa shape index (κ1) is 19.5. The Balaban J connectivity index is 2.24. The van der Waals surface area contributed by atoms with Crippen LogP contribution in [0.2, 0.25) is 0 Å². The summed E-state index contributed by atoms with van der Waals surface area (Å²) in [5, 5.41) is 5.35. The molecule has 27 heavy (non-hydrogen) atoms. The molecule has 1 aromatic carbocycles. The Labute approximate surface area is 156 Å². The largest absolute Gasteiger partial charge is 0.382 e. The molecular formula is C19H20N6O2. The molecule has 0 aliphatic rings. The van der Waals surface area contributed by atoms with Crippen molar-refractivity contribution < 1.29 is 9.59 Å². The molecule has 0 aliphatic heterocycles. The summed E-state index contributed by atoms with van der Waals surface area (Å²) >= 11 is 0. The molecular weight excluding hydrogens is 344 g/mol. The number of aromatic nitrogens is 2. The molecule has 0 unspecified atom stereocenters. The first-order valence-corrected chi connectivity index (χ1v) is 8.07. The van der Waals surface area contributed by atoms with Crippen molar-refractivity contribution in [1.29, 1.82) is 0 Å². The van der Waals surface area contributed by atoms with E-state index in [0.29, 0.717) is 22.6 Å². The van der Waals surface area contributed by atoms with Crippen LogP contribution in [0.4, 0.5) is 17.2 Å². The molecule has 0 bridgehead atoms. The molecule has 0 radical (unpaired) electrons. The predicted molar refractivity (Wildman–Crippen MR) is 107 cm³/mol. The minimum Gasteiger partial charge on any atom is -0.382 e. The normalized spacial score (nSPS) is 11.3. The molecule has 2 amide bonds. The van der Waals surface area contributed by atoms with Crippen LogP contribution in [-0.4, -0.2) is 28.0 Å². The van der Waals surface area contributed by atoms with Crippen molar-refractivity contribution in [2.45, 2.75) is 13.8 Å². The van der Waals surface area contributed by atoms with E-state index in [0.717, 1.165) is 0 Å². The highest BCUT2D eigenvalue weighted by Gasteiger charge is 2.15. The Hall–Kier alpha value is -3.81. The lowest BCUT2D eigenvalue weighted by Crippen LogP contribution is -2.17. The Morgan fingerprint density at radius 1 is 1.19 bits per heavy atom. The fourth-order valence-electron chi connectivity index (χ4n) is 2.11. The van der Waals surface area contributed by atoms with Gasteiger partial charge in [0.1, 0.15) is 0 Å². The van der Waals surface area contributed by atoms with Crippen LogP contribution < -0.4 is 16.4 Å². The van der Waals surface area contributed by atoms with Gasteiger partial charge in [-0.1, -0.05) is 12.7 Å². The van der Waals surface area contributed by atoms with Gasteiger partial charge in [0.05, 0.1) is 11.9 Å². The number of aliphatic imine (C=N–C) groups is 1. The summed E-state index contributed by atoms with van der Waals surface area (Å²) in [4.78, 5) is 35.9. The van der Waals surface area contributed by atoms with Gasteiger partial charge in [0.25, 0.3) is 5.91 Å². The maximum Gasteiger partial charge on any atom is 0.278 e. The second-order valence-electron chi connectivity index (χ2n) is 5.40. The summed E-state index contributed by atoms with van der Waals surface area (Å²) in [6, 6.07) is 6.65. The smallest absolute Gasteiger partial charge is 0.278 e. The molecule has 0 saturated carbocycles. The first-order chi connectivity index (χ1) is 12.9. The van der Waals surface area contributed by atoms with Crippen molar-refractivity contribution in [2.24, 2.45) is 4.99 Å².